The molecule has 1 saturated heterocycles. The molecule has 1 atom stereocenters. The van der Waals surface area contributed by atoms with Crippen molar-refractivity contribution in [1.29, 1.82) is 0 Å². The Morgan fingerprint density at radius 3 is 2.74 bits per heavy atom. The maximum absolute atomic E-state index is 12.4. The Hall–Kier alpha value is -1.77. The summed E-state index contributed by atoms with van der Waals surface area (Å²) in [6.45, 7) is -1.05. The highest BCUT2D eigenvalue weighted by Crippen LogP contribution is 2.21. The first-order chi connectivity index (χ1) is 10.8. The lowest BCUT2D eigenvalue weighted by Gasteiger charge is -2.24. The molecule has 2 heterocycles. The maximum atomic E-state index is 12.4. The molecule has 5 nitrogen and oxygen atoms in total. The summed E-state index contributed by atoms with van der Waals surface area (Å²) in [6, 6.07) is 2.42. The van der Waals surface area contributed by atoms with Gasteiger partial charge in [0.15, 0.2) is 0 Å². The van der Waals surface area contributed by atoms with Crippen molar-refractivity contribution in [3.05, 3.63) is 23.9 Å². The lowest BCUT2D eigenvalue weighted by Crippen LogP contribution is -2.48. The van der Waals surface area contributed by atoms with Crippen LogP contribution in [0.1, 0.15) is 23.2 Å². The number of carbonyl (C=O) groups excluding carboxylic acids is 2. The summed E-state index contributed by atoms with van der Waals surface area (Å²) in [7, 11) is 0. The number of likely N-dealkylation sites (tertiary alicyclic amines) is 1. The van der Waals surface area contributed by atoms with E-state index in [0.717, 1.165) is 5.03 Å². The second kappa shape index (κ2) is 7.20. The predicted molar refractivity (Wildman–Crippen MR) is 79.1 cm³/mol. The average molecular weight is 347 g/mol. The molecule has 1 aliphatic rings. The smallest absolute Gasteiger partial charge is 0.345 e. The summed E-state index contributed by atoms with van der Waals surface area (Å²) in [4.78, 5) is 29.8. The summed E-state index contributed by atoms with van der Waals surface area (Å²) in [6.07, 6.45) is -0.277. The molecule has 1 aromatic rings. The summed E-state index contributed by atoms with van der Waals surface area (Å²) in [5, 5.41) is 2.59. The Morgan fingerprint density at radius 1 is 1.43 bits per heavy atom. The molecule has 0 bridgehead atoms. The number of nitrogens with zero attached hydrogens (tertiary/aromatic N) is 2. The largest absolute Gasteiger partial charge is 0.405 e. The van der Waals surface area contributed by atoms with Crippen LogP contribution in [0.15, 0.2) is 23.4 Å². The van der Waals surface area contributed by atoms with Crippen molar-refractivity contribution in [2.24, 2.45) is 0 Å². The number of carbonyl (C=O) groups is 2. The number of hydrogen-bond donors (Lipinski definition) is 1. The van der Waals surface area contributed by atoms with Crippen LogP contribution < -0.4 is 5.32 Å². The molecule has 2 rings (SSSR count). The summed E-state index contributed by atoms with van der Waals surface area (Å²) in [5.74, 6) is -1.17. The van der Waals surface area contributed by atoms with E-state index >= 15 is 0 Å². The van der Waals surface area contributed by atoms with Gasteiger partial charge in [-0.05, 0) is 31.2 Å². The maximum Gasteiger partial charge on any atom is 0.405 e. The normalized spacial score (nSPS) is 18.1. The molecule has 1 aromatic heterocycles. The zero-order valence-electron chi connectivity index (χ0n) is 12.4. The van der Waals surface area contributed by atoms with Gasteiger partial charge in [0.05, 0.1) is 10.6 Å². The fourth-order valence-corrected chi connectivity index (χ4v) is 2.74. The van der Waals surface area contributed by atoms with Crippen molar-refractivity contribution in [2.75, 3.05) is 19.3 Å². The third-order valence-electron chi connectivity index (χ3n) is 3.47. The fraction of sp³-hybridized carbons (Fsp3) is 0.500. The second-order valence-corrected chi connectivity index (χ2v) is 5.91. The molecule has 0 aliphatic carbocycles. The van der Waals surface area contributed by atoms with Crippen molar-refractivity contribution in [2.45, 2.75) is 30.1 Å². The van der Waals surface area contributed by atoms with Gasteiger partial charge in [-0.3, -0.25) is 9.59 Å². The van der Waals surface area contributed by atoms with Crippen LogP contribution in [0.3, 0.4) is 0 Å². The fourth-order valence-electron chi connectivity index (χ4n) is 2.38. The molecule has 23 heavy (non-hydrogen) atoms. The van der Waals surface area contributed by atoms with E-state index in [1.54, 1.807) is 12.1 Å². The molecule has 1 N–H and O–H groups in total. The van der Waals surface area contributed by atoms with Gasteiger partial charge < -0.3 is 10.2 Å². The lowest BCUT2D eigenvalue weighted by molar-refractivity contribution is -0.140. The number of aromatic nitrogens is 1. The molecule has 0 saturated carbocycles. The number of thioether (sulfide) groups is 1. The number of rotatable bonds is 4. The minimum atomic E-state index is -4.47. The van der Waals surface area contributed by atoms with E-state index in [0.29, 0.717) is 24.9 Å². The molecule has 0 radical (unpaired) electrons. The van der Waals surface area contributed by atoms with Crippen LogP contribution in [-0.4, -0.2) is 53.3 Å². The summed E-state index contributed by atoms with van der Waals surface area (Å²) in [5.41, 5.74) is 0.318. The van der Waals surface area contributed by atoms with Gasteiger partial charge in [-0.25, -0.2) is 4.98 Å². The van der Waals surface area contributed by atoms with Crippen LogP contribution in [0.2, 0.25) is 0 Å². The molecule has 126 valence electrons. The number of halogens is 3. The summed E-state index contributed by atoms with van der Waals surface area (Å²) >= 11 is 1.43. The predicted octanol–water partition coefficient (Wildman–Crippen LogP) is 2.09. The number of amides is 2. The Kier molecular flexibility index (Phi) is 5.51. The Morgan fingerprint density at radius 2 is 2.17 bits per heavy atom. The van der Waals surface area contributed by atoms with E-state index in [2.05, 4.69) is 4.98 Å². The van der Waals surface area contributed by atoms with Gasteiger partial charge in [-0.1, -0.05) is 0 Å². The standard InChI is InChI=1S/C14H16F3N3O2S/c1-23-11-5-4-9(7-18-11)13(22)20-6-2-3-10(20)12(21)19-8-14(15,16)17/h4-5,7,10H,2-3,6,8H2,1H3,(H,19,21)/t10-/m0/s1. The van der Waals surface area contributed by atoms with Crippen molar-refractivity contribution in [3.8, 4) is 0 Å². The van der Waals surface area contributed by atoms with Gasteiger partial charge in [0.1, 0.15) is 12.6 Å². The monoisotopic (exact) mass is 347 g/mol. The zero-order chi connectivity index (χ0) is 17.0. The van der Waals surface area contributed by atoms with Crippen molar-refractivity contribution in [1.82, 2.24) is 15.2 Å². The Labute approximate surface area is 135 Å². The quantitative estimate of drug-likeness (QED) is 0.847. The van der Waals surface area contributed by atoms with Gasteiger partial charge in [0.2, 0.25) is 5.91 Å². The zero-order valence-corrected chi connectivity index (χ0v) is 13.2. The van der Waals surface area contributed by atoms with Gasteiger partial charge in [0.25, 0.3) is 5.91 Å². The minimum absolute atomic E-state index is 0.318. The number of pyridine rings is 1. The van der Waals surface area contributed by atoms with Crippen molar-refractivity contribution < 1.29 is 22.8 Å². The number of hydrogen-bond acceptors (Lipinski definition) is 4. The van der Waals surface area contributed by atoms with Crippen molar-refractivity contribution >= 4 is 23.6 Å². The van der Waals surface area contributed by atoms with E-state index in [1.165, 1.54) is 22.9 Å². The second-order valence-electron chi connectivity index (χ2n) is 5.08. The molecule has 1 fully saturated rings. The van der Waals surface area contributed by atoms with E-state index in [1.807, 2.05) is 11.6 Å². The molecule has 1 aliphatic heterocycles. The molecule has 9 heteroatoms. The van der Waals surface area contributed by atoms with Gasteiger partial charge in [0, 0.05) is 12.7 Å². The van der Waals surface area contributed by atoms with Crippen LogP contribution in [0, 0.1) is 0 Å². The first-order valence-electron chi connectivity index (χ1n) is 6.97. The van der Waals surface area contributed by atoms with E-state index < -0.39 is 30.6 Å². The molecule has 0 spiro atoms. The van der Waals surface area contributed by atoms with Crippen LogP contribution in [0.25, 0.3) is 0 Å². The Balaban J connectivity index is 2.05. The molecule has 2 amide bonds. The molecule has 0 unspecified atom stereocenters. The lowest BCUT2D eigenvalue weighted by atomic mass is 10.2. The third-order valence-corrected chi connectivity index (χ3v) is 4.13. The molecule has 0 aromatic carbocycles. The summed E-state index contributed by atoms with van der Waals surface area (Å²) < 4.78 is 36.6. The van der Waals surface area contributed by atoms with E-state index in [-0.39, 0.29) is 0 Å². The highest BCUT2D eigenvalue weighted by atomic mass is 32.2. The van der Waals surface area contributed by atoms with Crippen LogP contribution in [-0.2, 0) is 4.79 Å². The first-order valence-corrected chi connectivity index (χ1v) is 8.20. The van der Waals surface area contributed by atoms with Crippen molar-refractivity contribution in [3.63, 3.8) is 0 Å². The third kappa shape index (κ3) is 4.60. The number of alkyl halides is 3. The topological polar surface area (TPSA) is 62.3 Å². The average Bonchev–Trinajstić information content (AvgIpc) is 3.01. The Bertz CT molecular complexity index is 578. The number of nitrogens with one attached hydrogen (secondary N) is 1. The minimum Gasteiger partial charge on any atom is -0.345 e. The highest BCUT2D eigenvalue weighted by Gasteiger charge is 2.36. The van der Waals surface area contributed by atoms with Gasteiger partial charge in [-0.2, -0.15) is 13.2 Å². The van der Waals surface area contributed by atoms with Crippen LogP contribution in [0.5, 0.6) is 0 Å². The first kappa shape index (κ1) is 17.6. The van der Waals surface area contributed by atoms with Crippen LogP contribution >= 0.6 is 11.8 Å². The van der Waals surface area contributed by atoms with Crippen LogP contribution in [0.4, 0.5) is 13.2 Å². The van der Waals surface area contributed by atoms with Gasteiger partial charge >= 0.3 is 6.18 Å². The SMILES string of the molecule is CSc1ccc(C(=O)N2CCC[C@H]2C(=O)NCC(F)(F)F)cn1. The van der Waals surface area contributed by atoms with Gasteiger partial charge in [-0.15, -0.1) is 11.8 Å². The van der Waals surface area contributed by atoms with E-state index in [4.69, 9.17) is 0 Å². The highest BCUT2D eigenvalue weighted by molar-refractivity contribution is 7.98. The molecular weight excluding hydrogens is 331 g/mol. The molecular formula is C14H16F3N3O2S. The van der Waals surface area contributed by atoms with E-state index in [9.17, 15) is 22.8 Å².